The normalized spacial score (nSPS) is 11.8. The molecule has 0 unspecified atom stereocenters. The quantitative estimate of drug-likeness (QED) is 0.591. The fraction of sp³-hybridized carbons (Fsp3) is 0.167. The van der Waals surface area contributed by atoms with Crippen molar-refractivity contribution in [3.63, 3.8) is 0 Å². The lowest BCUT2D eigenvalue weighted by Gasteiger charge is -2.13. The lowest BCUT2D eigenvalue weighted by atomic mass is 10.2. The third kappa shape index (κ3) is 4.96. The van der Waals surface area contributed by atoms with Gasteiger partial charge in [-0.15, -0.1) is 0 Å². The molecule has 0 saturated heterocycles. The molecular formula is C18H16ClFN4O4. The molecule has 0 aliphatic carbocycles. The van der Waals surface area contributed by atoms with Crippen LogP contribution in [0.5, 0.6) is 17.6 Å². The van der Waals surface area contributed by atoms with E-state index in [0.29, 0.717) is 11.4 Å². The summed E-state index contributed by atoms with van der Waals surface area (Å²) < 4.78 is 26.3. The number of nitrogens with zero attached hydrogens (tertiary/aromatic N) is 3. The van der Waals surface area contributed by atoms with E-state index in [9.17, 15) is 9.18 Å². The van der Waals surface area contributed by atoms with Crippen molar-refractivity contribution in [3.8, 4) is 23.3 Å². The maximum atomic E-state index is 13.8. The minimum atomic E-state index is -0.998. The van der Waals surface area contributed by atoms with Crippen molar-refractivity contribution in [1.29, 1.82) is 0 Å². The Hall–Kier alpha value is -3.17. The van der Waals surface area contributed by atoms with E-state index in [2.05, 4.69) is 9.97 Å². The molecule has 2 aromatic heterocycles. The van der Waals surface area contributed by atoms with Crippen LogP contribution in [-0.4, -0.2) is 38.3 Å². The van der Waals surface area contributed by atoms with Crippen molar-refractivity contribution in [1.82, 2.24) is 14.5 Å². The summed E-state index contributed by atoms with van der Waals surface area (Å²) in [5.41, 5.74) is 6.40. The Morgan fingerprint density at radius 3 is 2.75 bits per heavy atom. The lowest BCUT2D eigenvalue weighted by Crippen LogP contribution is -2.30. The number of hydrogen-bond acceptors (Lipinski definition) is 6. The second-order valence-electron chi connectivity index (χ2n) is 5.79. The summed E-state index contributed by atoms with van der Waals surface area (Å²) in [6.07, 6.45) is 4.30. The molecule has 3 N–H and O–H groups in total. The zero-order valence-corrected chi connectivity index (χ0v) is 15.2. The monoisotopic (exact) mass is 406 g/mol. The van der Waals surface area contributed by atoms with E-state index in [1.54, 1.807) is 35.0 Å². The predicted octanol–water partition coefficient (Wildman–Crippen LogP) is 3.03. The van der Waals surface area contributed by atoms with Crippen molar-refractivity contribution in [3.05, 3.63) is 59.8 Å². The Labute approximate surface area is 164 Å². The fourth-order valence-electron chi connectivity index (χ4n) is 2.32. The first-order valence-corrected chi connectivity index (χ1v) is 8.53. The topological polar surface area (TPSA) is 112 Å². The van der Waals surface area contributed by atoms with Crippen LogP contribution in [0.2, 0.25) is 5.02 Å². The fourth-order valence-corrected chi connectivity index (χ4v) is 2.47. The van der Waals surface area contributed by atoms with Gasteiger partial charge in [0, 0.05) is 24.6 Å². The van der Waals surface area contributed by atoms with Gasteiger partial charge in [-0.05, 0) is 30.3 Å². The first kappa shape index (κ1) is 19.6. The second kappa shape index (κ2) is 8.68. The molecule has 0 bridgehead atoms. The van der Waals surface area contributed by atoms with Crippen LogP contribution in [0.1, 0.15) is 6.42 Å². The average Bonchev–Trinajstić information content (AvgIpc) is 3.11. The molecule has 0 saturated carbocycles. The van der Waals surface area contributed by atoms with Crippen LogP contribution in [-0.2, 0) is 4.79 Å². The van der Waals surface area contributed by atoms with Crippen LogP contribution in [0.3, 0.4) is 0 Å². The smallest absolute Gasteiger partial charge is 0.305 e. The van der Waals surface area contributed by atoms with Crippen molar-refractivity contribution >= 4 is 17.6 Å². The summed E-state index contributed by atoms with van der Waals surface area (Å²) in [6, 6.07) is 7.42. The second-order valence-corrected chi connectivity index (χ2v) is 6.22. The molecule has 0 aliphatic heterocycles. The number of carboxylic acids is 1. The number of rotatable bonds is 8. The van der Waals surface area contributed by atoms with Crippen LogP contribution < -0.4 is 15.2 Å². The number of carbonyl (C=O) groups is 1. The van der Waals surface area contributed by atoms with E-state index in [4.69, 9.17) is 31.9 Å². The van der Waals surface area contributed by atoms with E-state index in [0.717, 1.165) is 6.07 Å². The van der Waals surface area contributed by atoms with Crippen LogP contribution >= 0.6 is 11.6 Å². The van der Waals surface area contributed by atoms with Crippen molar-refractivity contribution in [2.24, 2.45) is 5.73 Å². The van der Waals surface area contributed by atoms with Gasteiger partial charge in [-0.2, -0.15) is 0 Å². The molecule has 3 rings (SSSR count). The number of nitrogens with two attached hydrogens (primary N) is 1. The molecule has 0 radical (unpaired) electrons. The zero-order valence-electron chi connectivity index (χ0n) is 14.5. The highest BCUT2D eigenvalue weighted by molar-refractivity contribution is 6.30. The largest absolute Gasteiger partial charge is 0.481 e. The Balaban J connectivity index is 1.68. The molecule has 146 valence electrons. The summed E-state index contributed by atoms with van der Waals surface area (Å²) in [5, 5.41) is 8.91. The predicted molar refractivity (Wildman–Crippen MR) is 98.6 cm³/mol. The minimum Gasteiger partial charge on any atom is -0.481 e. The summed E-state index contributed by atoms with van der Waals surface area (Å²) in [4.78, 5) is 18.5. The highest BCUT2D eigenvalue weighted by atomic mass is 35.5. The van der Waals surface area contributed by atoms with Gasteiger partial charge in [0.25, 0.3) is 5.88 Å². The molecule has 0 spiro atoms. The number of ether oxygens (including phenoxy) is 2. The van der Waals surface area contributed by atoms with Gasteiger partial charge in [-0.25, -0.2) is 14.4 Å². The van der Waals surface area contributed by atoms with Gasteiger partial charge in [0.2, 0.25) is 0 Å². The summed E-state index contributed by atoms with van der Waals surface area (Å²) in [7, 11) is 0. The number of benzene rings is 1. The number of hydrogen-bond donors (Lipinski definition) is 2. The minimum absolute atomic E-state index is 0.00597. The molecule has 8 nitrogen and oxygen atoms in total. The molecule has 28 heavy (non-hydrogen) atoms. The van der Waals surface area contributed by atoms with Gasteiger partial charge in [-0.3, -0.25) is 9.36 Å². The number of halogens is 2. The third-order valence-electron chi connectivity index (χ3n) is 3.57. The van der Waals surface area contributed by atoms with Crippen LogP contribution in [0.25, 0.3) is 5.69 Å². The highest BCUT2D eigenvalue weighted by Gasteiger charge is 2.13. The van der Waals surface area contributed by atoms with E-state index < -0.39 is 17.8 Å². The molecule has 3 aromatic rings. The maximum Gasteiger partial charge on any atom is 0.305 e. The van der Waals surface area contributed by atoms with E-state index >= 15 is 0 Å². The Bertz CT molecular complexity index is 964. The van der Waals surface area contributed by atoms with Gasteiger partial charge >= 0.3 is 12.0 Å². The first-order valence-electron chi connectivity index (χ1n) is 8.15. The van der Waals surface area contributed by atoms with Gasteiger partial charge in [0.1, 0.15) is 12.4 Å². The molecule has 10 heteroatoms. The Morgan fingerprint density at radius 1 is 1.32 bits per heavy atom. The van der Waals surface area contributed by atoms with E-state index in [1.165, 1.54) is 12.4 Å². The molecular weight excluding hydrogens is 391 g/mol. The van der Waals surface area contributed by atoms with Crippen molar-refractivity contribution < 1.29 is 23.8 Å². The maximum absolute atomic E-state index is 13.8. The average molecular weight is 407 g/mol. The van der Waals surface area contributed by atoms with Gasteiger partial charge < -0.3 is 20.3 Å². The molecule has 1 atom stereocenters. The summed E-state index contributed by atoms with van der Waals surface area (Å²) in [5.74, 6) is -1.47. The zero-order chi connectivity index (χ0) is 20.1. The van der Waals surface area contributed by atoms with Crippen molar-refractivity contribution in [2.75, 3.05) is 6.61 Å². The van der Waals surface area contributed by atoms with Gasteiger partial charge in [0.15, 0.2) is 5.82 Å². The van der Waals surface area contributed by atoms with E-state index in [1.807, 2.05) is 0 Å². The van der Waals surface area contributed by atoms with Crippen LogP contribution in [0.4, 0.5) is 4.39 Å². The molecule has 0 amide bonds. The number of aliphatic carboxylic acids is 1. The lowest BCUT2D eigenvalue weighted by molar-refractivity contribution is -0.137. The molecule has 0 fully saturated rings. The molecule has 2 heterocycles. The number of carboxylic acid groups (broad SMARTS) is 1. The Kier molecular flexibility index (Phi) is 6.07. The van der Waals surface area contributed by atoms with Gasteiger partial charge in [0.05, 0.1) is 17.1 Å². The molecule has 0 aliphatic rings. The van der Waals surface area contributed by atoms with Crippen LogP contribution in [0.15, 0.2) is 48.9 Å². The third-order valence-corrected chi connectivity index (χ3v) is 3.78. The van der Waals surface area contributed by atoms with Crippen molar-refractivity contribution in [2.45, 2.75) is 12.5 Å². The van der Waals surface area contributed by atoms with Gasteiger partial charge in [-0.1, -0.05) is 11.6 Å². The number of imidazole rings is 1. The SMILES string of the molecule is N[C@H](COc1nccn1-c1ccc(Oc2ncc(Cl)cc2F)cc1)CC(=O)O. The van der Waals surface area contributed by atoms with Crippen LogP contribution in [0, 0.1) is 5.82 Å². The number of pyridine rings is 1. The van der Waals surface area contributed by atoms with E-state index in [-0.39, 0.29) is 29.9 Å². The summed E-state index contributed by atoms with van der Waals surface area (Å²) >= 11 is 5.67. The first-order chi connectivity index (χ1) is 13.4. The highest BCUT2D eigenvalue weighted by Crippen LogP contribution is 2.26. The standard InChI is InChI=1S/C18H16ClFN4O4/c19-11-7-15(20)17(23-9-11)28-14-3-1-13(2-4-14)24-6-5-22-18(24)27-10-12(21)8-16(25)26/h1-7,9,12H,8,10,21H2,(H,25,26)/t12-/m0/s1. The number of aromatic nitrogens is 3. The molecule has 1 aromatic carbocycles. The summed E-state index contributed by atoms with van der Waals surface area (Å²) in [6.45, 7) is 0.00597. The Morgan fingerprint density at radius 2 is 2.07 bits per heavy atom.